The summed E-state index contributed by atoms with van der Waals surface area (Å²) in [6.07, 6.45) is 1.54. The number of ether oxygens (including phenoxy) is 1. The van der Waals surface area contributed by atoms with Crippen molar-refractivity contribution in [1.82, 2.24) is 15.1 Å². The SMILES string of the molecule is COc1ccc(N2C(=O)c3cc(-c4ccco4)nn3CC2(C)C(=O)NCc2ccccc2)cc1Cl. The van der Waals surface area contributed by atoms with Crippen molar-refractivity contribution < 1.29 is 18.7 Å². The second-order valence-corrected chi connectivity index (χ2v) is 8.86. The molecule has 2 amide bonds. The molecule has 0 saturated heterocycles. The fourth-order valence-electron chi connectivity index (χ4n) is 4.29. The minimum absolute atomic E-state index is 0.138. The normalized spacial score (nSPS) is 17.2. The van der Waals surface area contributed by atoms with Gasteiger partial charge in [-0.2, -0.15) is 5.10 Å². The van der Waals surface area contributed by atoms with E-state index in [2.05, 4.69) is 10.4 Å². The third-order valence-corrected chi connectivity index (χ3v) is 6.40. The summed E-state index contributed by atoms with van der Waals surface area (Å²) in [6, 6.07) is 19.8. The second kappa shape index (κ2) is 8.96. The molecule has 9 heteroatoms. The summed E-state index contributed by atoms with van der Waals surface area (Å²) >= 11 is 6.39. The molecule has 2 aromatic heterocycles. The highest BCUT2D eigenvalue weighted by molar-refractivity contribution is 6.32. The van der Waals surface area contributed by atoms with Gasteiger partial charge in [-0.15, -0.1) is 0 Å². The average molecular weight is 491 g/mol. The summed E-state index contributed by atoms with van der Waals surface area (Å²) < 4.78 is 12.3. The van der Waals surface area contributed by atoms with Gasteiger partial charge in [0.1, 0.15) is 22.7 Å². The van der Waals surface area contributed by atoms with E-state index in [-0.39, 0.29) is 18.4 Å². The van der Waals surface area contributed by atoms with Gasteiger partial charge in [-0.1, -0.05) is 41.9 Å². The lowest BCUT2D eigenvalue weighted by Gasteiger charge is -2.43. The summed E-state index contributed by atoms with van der Waals surface area (Å²) in [5, 5.41) is 7.88. The van der Waals surface area contributed by atoms with Crippen LogP contribution in [0.25, 0.3) is 11.5 Å². The van der Waals surface area contributed by atoms with E-state index >= 15 is 0 Å². The quantitative estimate of drug-likeness (QED) is 0.428. The molecule has 0 bridgehead atoms. The maximum Gasteiger partial charge on any atom is 0.277 e. The van der Waals surface area contributed by atoms with Crippen LogP contribution in [-0.4, -0.2) is 34.2 Å². The van der Waals surface area contributed by atoms with Crippen molar-refractivity contribution in [3.63, 3.8) is 0 Å². The van der Waals surface area contributed by atoms with Crippen LogP contribution in [-0.2, 0) is 17.9 Å². The Morgan fingerprint density at radius 3 is 2.66 bits per heavy atom. The fraction of sp³-hybridized carbons (Fsp3) is 0.192. The number of nitrogens with zero attached hydrogens (tertiary/aromatic N) is 3. The minimum atomic E-state index is -1.29. The van der Waals surface area contributed by atoms with Gasteiger partial charge < -0.3 is 14.5 Å². The molecule has 1 aliphatic rings. The number of fused-ring (bicyclic) bond motifs is 1. The zero-order valence-corrected chi connectivity index (χ0v) is 20.0. The topological polar surface area (TPSA) is 89.6 Å². The Labute approximate surface area is 207 Å². The summed E-state index contributed by atoms with van der Waals surface area (Å²) in [7, 11) is 1.52. The fourth-order valence-corrected chi connectivity index (χ4v) is 4.55. The number of rotatable bonds is 6. The highest BCUT2D eigenvalue weighted by Gasteiger charge is 2.49. The van der Waals surface area contributed by atoms with Crippen LogP contribution in [0, 0.1) is 0 Å². The van der Waals surface area contributed by atoms with E-state index in [9.17, 15) is 9.59 Å². The van der Waals surface area contributed by atoms with Crippen molar-refractivity contribution >= 4 is 29.1 Å². The summed E-state index contributed by atoms with van der Waals surface area (Å²) in [5.74, 6) is 0.316. The number of anilines is 1. The molecule has 0 spiro atoms. The molecular formula is C26H23ClN4O4. The van der Waals surface area contributed by atoms with Crippen LogP contribution in [0.15, 0.2) is 77.4 Å². The summed E-state index contributed by atoms with van der Waals surface area (Å²) in [6.45, 7) is 2.18. The maximum absolute atomic E-state index is 13.8. The number of carbonyl (C=O) groups is 2. The highest BCUT2D eigenvalue weighted by atomic mass is 35.5. The minimum Gasteiger partial charge on any atom is -0.495 e. The molecule has 0 radical (unpaired) electrons. The second-order valence-electron chi connectivity index (χ2n) is 8.45. The molecule has 2 aromatic carbocycles. The Kier molecular flexibility index (Phi) is 5.82. The number of amides is 2. The molecule has 0 saturated carbocycles. The molecule has 0 fully saturated rings. The van der Waals surface area contributed by atoms with Gasteiger partial charge in [-0.3, -0.25) is 19.2 Å². The van der Waals surface area contributed by atoms with Gasteiger partial charge in [-0.05, 0) is 42.8 Å². The summed E-state index contributed by atoms with van der Waals surface area (Å²) in [4.78, 5) is 29.0. The number of aromatic nitrogens is 2. The lowest BCUT2D eigenvalue weighted by atomic mass is 9.93. The maximum atomic E-state index is 13.8. The predicted octanol–water partition coefficient (Wildman–Crippen LogP) is 4.54. The molecule has 35 heavy (non-hydrogen) atoms. The first-order valence-corrected chi connectivity index (χ1v) is 11.4. The number of benzene rings is 2. The standard InChI is InChI=1S/C26H23ClN4O4/c1-26(25(33)28-15-17-7-4-3-5-8-17)16-30-21(14-20(29-30)23-9-6-12-35-23)24(32)31(26)18-10-11-22(34-2)19(27)13-18/h3-14H,15-16H2,1-2H3,(H,28,33). The largest absolute Gasteiger partial charge is 0.495 e. The van der Waals surface area contributed by atoms with Crippen LogP contribution in [0.1, 0.15) is 23.0 Å². The molecule has 1 aliphatic heterocycles. The van der Waals surface area contributed by atoms with Crippen molar-refractivity contribution in [2.75, 3.05) is 12.0 Å². The molecular weight excluding hydrogens is 468 g/mol. The van der Waals surface area contributed by atoms with E-state index in [4.69, 9.17) is 20.8 Å². The number of hydrogen-bond donors (Lipinski definition) is 1. The van der Waals surface area contributed by atoms with E-state index in [1.165, 1.54) is 12.0 Å². The first-order valence-electron chi connectivity index (χ1n) is 11.0. The van der Waals surface area contributed by atoms with Gasteiger partial charge in [0.2, 0.25) is 5.91 Å². The first kappa shape index (κ1) is 22.7. The number of carbonyl (C=O) groups excluding carboxylic acids is 2. The van der Waals surface area contributed by atoms with Crippen LogP contribution in [0.5, 0.6) is 5.75 Å². The number of methoxy groups -OCH3 is 1. The number of nitrogens with one attached hydrogen (secondary N) is 1. The third kappa shape index (κ3) is 4.06. The lowest BCUT2D eigenvalue weighted by Crippen LogP contribution is -2.64. The van der Waals surface area contributed by atoms with E-state index < -0.39 is 5.54 Å². The van der Waals surface area contributed by atoms with E-state index in [0.29, 0.717) is 40.2 Å². The van der Waals surface area contributed by atoms with Crippen molar-refractivity contribution in [3.05, 3.63) is 89.3 Å². The lowest BCUT2D eigenvalue weighted by molar-refractivity contribution is -0.126. The molecule has 0 aliphatic carbocycles. The Bertz CT molecular complexity index is 1380. The monoisotopic (exact) mass is 490 g/mol. The van der Waals surface area contributed by atoms with Gasteiger partial charge >= 0.3 is 0 Å². The Morgan fingerprint density at radius 1 is 1.17 bits per heavy atom. The van der Waals surface area contributed by atoms with Crippen LogP contribution in [0.2, 0.25) is 5.02 Å². The van der Waals surface area contributed by atoms with Gasteiger partial charge in [0.15, 0.2) is 5.76 Å². The Hall–Kier alpha value is -4.04. The molecule has 178 valence electrons. The Balaban J connectivity index is 1.56. The van der Waals surface area contributed by atoms with Crippen LogP contribution in [0.4, 0.5) is 5.69 Å². The Morgan fingerprint density at radius 2 is 1.97 bits per heavy atom. The van der Waals surface area contributed by atoms with Crippen molar-refractivity contribution in [2.24, 2.45) is 0 Å². The van der Waals surface area contributed by atoms with Gasteiger partial charge in [0.05, 0.1) is 24.9 Å². The van der Waals surface area contributed by atoms with E-state index in [1.54, 1.807) is 54.3 Å². The molecule has 4 aromatic rings. The van der Waals surface area contributed by atoms with E-state index in [1.807, 2.05) is 30.3 Å². The van der Waals surface area contributed by atoms with Crippen LogP contribution >= 0.6 is 11.6 Å². The van der Waals surface area contributed by atoms with E-state index in [0.717, 1.165) is 5.56 Å². The average Bonchev–Trinajstić information content (AvgIpc) is 3.53. The van der Waals surface area contributed by atoms with Crippen molar-refractivity contribution in [1.29, 1.82) is 0 Å². The zero-order valence-electron chi connectivity index (χ0n) is 19.2. The molecule has 1 N–H and O–H groups in total. The first-order chi connectivity index (χ1) is 16.9. The van der Waals surface area contributed by atoms with Gasteiger partial charge in [-0.25, -0.2) is 0 Å². The smallest absolute Gasteiger partial charge is 0.277 e. The molecule has 1 unspecified atom stereocenters. The van der Waals surface area contributed by atoms with Crippen LogP contribution in [0.3, 0.4) is 0 Å². The molecule has 3 heterocycles. The van der Waals surface area contributed by atoms with Crippen molar-refractivity contribution in [2.45, 2.75) is 25.6 Å². The number of furan rings is 1. The van der Waals surface area contributed by atoms with Crippen molar-refractivity contribution in [3.8, 4) is 17.2 Å². The number of hydrogen-bond acceptors (Lipinski definition) is 5. The third-order valence-electron chi connectivity index (χ3n) is 6.11. The number of halogens is 1. The molecule has 5 rings (SSSR count). The highest BCUT2D eigenvalue weighted by Crippen LogP contribution is 2.37. The zero-order chi connectivity index (χ0) is 24.6. The van der Waals surface area contributed by atoms with Gasteiger partial charge in [0, 0.05) is 18.3 Å². The molecule has 8 nitrogen and oxygen atoms in total. The summed E-state index contributed by atoms with van der Waals surface area (Å²) in [5.41, 5.74) is 0.996. The van der Waals surface area contributed by atoms with Crippen LogP contribution < -0.4 is 15.0 Å². The molecule has 1 atom stereocenters. The van der Waals surface area contributed by atoms with Gasteiger partial charge in [0.25, 0.3) is 5.91 Å². The predicted molar refractivity (Wildman–Crippen MR) is 131 cm³/mol.